The summed E-state index contributed by atoms with van der Waals surface area (Å²) in [6.45, 7) is 0.0966. The van der Waals surface area contributed by atoms with E-state index in [-0.39, 0.29) is 54.2 Å². The summed E-state index contributed by atoms with van der Waals surface area (Å²) < 4.78 is 27.8. The summed E-state index contributed by atoms with van der Waals surface area (Å²) in [6.07, 6.45) is 5.60. The van der Waals surface area contributed by atoms with Crippen LogP contribution in [-0.2, 0) is 32.6 Å². The second-order valence-corrected chi connectivity index (χ2v) is 13.9. The number of sulfonamides is 1. The second kappa shape index (κ2) is 13.9. The lowest BCUT2D eigenvalue weighted by atomic mass is 9.94. The van der Waals surface area contributed by atoms with E-state index in [0.29, 0.717) is 6.42 Å². The van der Waals surface area contributed by atoms with Crippen molar-refractivity contribution in [3.05, 3.63) is 100 Å². The molecule has 0 spiro atoms. The number of amides is 3. The van der Waals surface area contributed by atoms with Gasteiger partial charge in [-0.25, -0.2) is 12.7 Å². The molecule has 0 bridgehead atoms. The van der Waals surface area contributed by atoms with E-state index in [1.54, 1.807) is 17.0 Å². The Bertz CT molecular complexity index is 1560. The van der Waals surface area contributed by atoms with Gasteiger partial charge < -0.3 is 10.2 Å². The molecule has 5 rings (SSSR count). The maximum atomic E-state index is 14.0. The van der Waals surface area contributed by atoms with Crippen LogP contribution in [0.25, 0.3) is 0 Å². The molecule has 1 saturated carbocycles. The Morgan fingerprint density at radius 1 is 0.907 bits per heavy atom. The first-order valence-electron chi connectivity index (χ1n) is 14.8. The Kier molecular flexibility index (Phi) is 9.97. The molecule has 0 radical (unpaired) electrons. The SMILES string of the molecule is O=C(NC1CCCCC1)[C@H](Cc1ccccc1)N(Cc1ccc(Br)cc1)C(=O)CCCN1C(=O)c2ccccc2S1(=O)=O. The van der Waals surface area contributed by atoms with E-state index in [1.165, 1.54) is 12.1 Å². The van der Waals surface area contributed by atoms with Gasteiger partial charge in [-0.1, -0.05) is 89.8 Å². The van der Waals surface area contributed by atoms with Gasteiger partial charge in [0.15, 0.2) is 0 Å². The molecule has 3 aromatic rings. The first kappa shape index (κ1) is 30.9. The molecule has 2 aliphatic rings. The lowest BCUT2D eigenvalue weighted by Gasteiger charge is -2.33. The van der Waals surface area contributed by atoms with E-state index >= 15 is 0 Å². The van der Waals surface area contributed by atoms with Crippen molar-refractivity contribution in [2.24, 2.45) is 0 Å². The fourth-order valence-electron chi connectivity index (χ4n) is 5.85. The Labute approximate surface area is 261 Å². The number of fused-ring (bicyclic) bond motifs is 1. The third-order valence-corrected chi connectivity index (χ3v) is 10.5. The van der Waals surface area contributed by atoms with E-state index in [4.69, 9.17) is 0 Å². The van der Waals surface area contributed by atoms with E-state index in [2.05, 4.69) is 21.2 Å². The van der Waals surface area contributed by atoms with Crippen molar-refractivity contribution in [3.8, 4) is 0 Å². The summed E-state index contributed by atoms with van der Waals surface area (Å²) in [5.41, 5.74) is 1.95. The molecular formula is C33H36BrN3O5S. The van der Waals surface area contributed by atoms with Gasteiger partial charge in [0.1, 0.15) is 10.9 Å². The Morgan fingerprint density at radius 3 is 2.28 bits per heavy atom. The van der Waals surface area contributed by atoms with Gasteiger partial charge in [-0.05, 0) is 54.7 Å². The van der Waals surface area contributed by atoms with Gasteiger partial charge in [0, 0.05) is 36.4 Å². The summed E-state index contributed by atoms with van der Waals surface area (Å²) in [5, 5.41) is 3.22. The normalized spacial score (nSPS) is 16.9. The largest absolute Gasteiger partial charge is 0.352 e. The van der Waals surface area contributed by atoms with Crippen molar-refractivity contribution in [3.63, 3.8) is 0 Å². The van der Waals surface area contributed by atoms with Gasteiger partial charge >= 0.3 is 0 Å². The summed E-state index contributed by atoms with van der Waals surface area (Å²) in [5.74, 6) is -1.04. The van der Waals surface area contributed by atoms with Crippen LogP contribution >= 0.6 is 15.9 Å². The number of carbonyl (C=O) groups is 3. The van der Waals surface area contributed by atoms with Crippen LogP contribution in [0.2, 0.25) is 0 Å². The average Bonchev–Trinajstić information content (AvgIpc) is 3.21. The van der Waals surface area contributed by atoms with Crippen LogP contribution in [0.1, 0.15) is 66.4 Å². The fraction of sp³-hybridized carbons (Fsp3) is 0.364. The van der Waals surface area contributed by atoms with Gasteiger partial charge in [-0.15, -0.1) is 0 Å². The number of nitrogens with zero attached hydrogens (tertiary/aromatic N) is 2. The fourth-order valence-corrected chi connectivity index (χ4v) is 7.73. The molecule has 1 fully saturated rings. The Hall–Kier alpha value is -3.50. The summed E-state index contributed by atoms with van der Waals surface area (Å²) >= 11 is 3.46. The quantitative estimate of drug-likeness (QED) is 0.293. The van der Waals surface area contributed by atoms with E-state index in [9.17, 15) is 22.8 Å². The van der Waals surface area contributed by atoms with Crippen LogP contribution in [0.4, 0.5) is 0 Å². The lowest BCUT2D eigenvalue weighted by Crippen LogP contribution is -2.52. The first-order valence-corrected chi connectivity index (χ1v) is 17.0. The molecule has 10 heteroatoms. The molecule has 0 unspecified atom stereocenters. The Balaban J connectivity index is 1.37. The minimum absolute atomic E-state index is 0.00880. The monoisotopic (exact) mass is 665 g/mol. The van der Waals surface area contributed by atoms with Gasteiger partial charge in [-0.2, -0.15) is 0 Å². The topological polar surface area (TPSA) is 104 Å². The van der Waals surface area contributed by atoms with Crippen molar-refractivity contribution in [1.29, 1.82) is 0 Å². The molecule has 0 saturated heterocycles. The van der Waals surface area contributed by atoms with Gasteiger partial charge in [-0.3, -0.25) is 14.4 Å². The van der Waals surface area contributed by atoms with Crippen molar-refractivity contribution in [2.45, 2.75) is 74.9 Å². The number of hydrogen-bond acceptors (Lipinski definition) is 5. The molecule has 3 aromatic carbocycles. The Morgan fingerprint density at radius 2 is 1.58 bits per heavy atom. The molecule has 1 aliphatic heterocycles. The smallest absolute Gasteiger partial charge is 0.269 e. The number of rotatable bonds is 11. The zero-order valence-corrected chi connectivity index (χ0v) is 26.4. The second-order valence-electron chi connectivity index (χ2n) is 11.2. The molecule has 1 heterocycles. The predicted octanol–water partition coefficient (Wildman–Crippen LogP) is 5.46. The molecule has 0 aromatic heterocycles. The van der Waals surface area contributed by atoms with Gasteiger partial charge in [0.25, 0.3) is 15.9 Å². The zero-order valence-electron chi connectivity index (χ0n) is 24.0. The lowest BCUT2D eigenvalue weighted by molar-refractivity contribution is -0.141. The van der Waals surface area contributed by atoms with Crippen LogP contribution < -0.4 is 5.32 Å². The molecule has 1 atom stereocenters. The van der Waals surface area contributed by atoms with Gasteiger partial charge in [0.2, 0.25) is 11.8 Å². The highest BCUT2D eigenvalue weighted by Crippen LogP contribution is 2.30. The minimum atomic E-state index is -3.96. The summed E-state index contributed by atoms with van der Waals surface area (Å²) in [7, 11) is -3.96. The van der Waals surface area contributed by atoms with E-state index < -0.39 is 22.0 Å². The highest BCUT2D eigenvalue weighted by molar-refractivity contribution is 9.10. The van der Waals surface area contributed by atoms with E-state index in [1.807, 2.05) is 54.6 Å². The average molecular weight is 667 g/mol. The van der Waals surface area contributed by atoms with Crippen LogP contribution in [0.3, 0.4) is 0 Å². The molecular weight excluding hydrogens is 630 g/mol. The zero-order chi connectivity index (χ0) is 30.4. The molecule has 3 amide bonds. The predicted molar refractivity (Wildman–Crippen MR) is 168 cm³/mol. The third-order valence-electron chi connectivity index (χ3n) is 8.15. The summed E-state index contributed by atoms with van der Waals surface area (Å²) in [4.78, 5) is 42.3. The third kappa shape index (κ3) is 7.36. The maximum Gasteiger partial charge on any atom is 0.269 e. The number of hydrogen-bond donors (Lipinski definition) is 1. The van der Waals surface area contributed by atoms with Crippen LogP contribution in [0.15, 0.2) is 88.2 Å². The number of benzene rings is 3. The maximum absolute atomic E-state index is 14.0. The molecule has 1 aliphatic carbocycles. The standard InChI is InChI=1S/C33H36BrN3O5S/c34-26-19-17-25(18-20-26)23-36(29(22-24-10-3-1-4-11-24)32(39)35-27-12-5-2-6-13-27)31(38)16-9-21-37-33(40)28-14-7-8-15-30(28)43(37,41)42/h1,3-4,7-8,10-11,14-15,17-20,27,29H,2,5-6,9,12-13,16,21-23H2,(H,35,39)/t29-/m0/s1. The van der Waals surface area contributed by atoms with E-state index in [0.717, 1.165) is 52.0 Å². The van der Waals surface area contributed by atoms with Crippen LogP contribution in [-0.4, -0.2) is 54.0 Å². The van der Waals surface area contributed by atoms with Crippen LogP contribution in [0, 0.1) is 0 Å². The van der Waals surface area contributed by atoms with Crippen LogP contribution in [0.5, 0.6) is 0 Å². The number of nitrogens with one attached hydrogen (secondary N) is 1. The number of carbonyl (C=O) groups excluding carboxylic acids is 3. The molecule has 43 heavy (non-hydrogen) atoms. The van der Waals surface area contributed by atoms with Crippen molar-refractivity contribution in [1.82, 2.24) is 14.5 Å². The summed E-state index contributed by atoms with van der Waals surface area (Å²) in [6, 6.07) is 22.7. The van der Waals surface area contributed by atoms with Crippen molar-refractivity contribution < 1.29 is 22.8 Å². The van der Waals surface area contributed by atoms with Crippen molar-refractivity contribution in [2.75, 3.05) is 6.54 Å². The molecule has 1 N–H and O–H groups in total. The molecule has 226 valence electrons. The first-order chi connectivity index (χ1) is 20.7. The minimum Gasteiger partial charge on any atom is -0.352 e. The van der Waals surface area contributed by atoms with Gasteiger partial charge in [0.05, 0.1) is 5.56 Å². The number of halogens is 1. The van der Waals surface area contributed by atoms with Crippen molar-refractivity contribution >= 4 is 43.7 Å². The highest BCUT2D eigenvalue weighted by Gasteiger charge is 2.40. The molecule has 8 nitrogen and oxygen atoms in total. The highest BCUT2D eigenvalue weighted by atomic mass is 79.9.